The maximum atomic E-state index is 12.4. The zero-order valence-electron chi connectivity index (χ0n) is 11.3. The molecule has 0 saturated carbocycles. The first-order valence-electron chi connectivity index (χ1n) is 6.36. The lowest BCUT2D eigenvalue weighted by Gasteiger charge is -2.08. The summed E-state index contributed by atoms with van der Waals surface area (Å²) in [5, 5.41) is 0. The van der Waals surface area contributed by atoms with E-state index in [9.17, 15) is 4.21 Å². The summed E-state index contributed by atoms with van der Waals surface area (Å²) in [6.45, 7) is 4.99. The minimum absolute atomic E-state index is 0. The first-order valence-corrected chi connectivity index (χ1v) is 7.68. The molecule has 0 aliphatic heterocycles. The van der Waals surface area contributed by atoms with E-state index < -0.39 is 10.8 Å². The van der Waals surface area contributed by atoms with E-state index >= 15 is 0 Å². The van der Waals surface area contributed by atoms with Crippen molar-refractivity contribution in [3.8, 4) is 0 Å². The number of rotatable bonds is 5. The van der Waals surface area contributed by atoms with Crippen molar-refractivity contribution in [1.82, 2.24) is 9.55 Å². The summed E-state index contributed by atoms with van der Waals surface area (Å²) in [4.78, 5) is 5.11. The highest BCUT2D eigenvalue weighted by molar-refractivity contribution is 7.84. The van der Waals surface area contributed by atoms with E-state index in [1.807, 2.05) is 25.4 Å². The minimum Gasteiger partial charge on any atom is -0.399 e. The van der Waals surface area contributed by atoms with Gasteiger partial charge in [-0.2, -0.15) is 0 Å². The van der Waals surface area contributed by atoms with Crippen LogP contribution in [0.4, 0.5) is 5.69 Å². The average Bonchev–Trinajstić information content (AvgIpc) is 2.73. The lowest BCUT2D eigenvalue weighted by atomic mass is 10.3. The van der Waals surface area contributed by atoms with E-state index in [0.29, 0.717) is 11.4 Å². The van der Waals surface area contributed by atoms with Crippen LogP contribution < -0.4 is 5.73 Å². The molecule has 0 amide bonds. The molecule has 0 aliphatic rings. The quantitative estimate of drug-likeness (QED) is 0.862. The van der Waals surface area contributed by atoms with Gasteiger partial charge in [0, 0.05) is 17.1 Å². The maximum Gasteiger partial charge on any atom is 0.0951 e. The van der Waals surface area contributed by atoms with Crippen molar-refractivity contribution in [1.29, 1.82) is 0 Å². The summed E-state index contributed by atoms with van der Waals surface area (Å²) in [5.74, 6) is 0.496. The zero-order valence-corrected chi connectivity index (χ0v) is 12.1. The van der Waals surface area contributed by atoms with E-state index in [4.69, 9.17) is 5.73 Å². The fourth-order valence-corrected chi connectivity index (χ4v) is 3.19. The topological polar surface area (TPSA) is 60.9 Å². The van der Waals surface area contributed by atoms with Crippen molar-refractivity contribution in [3.05, 3.63) is 42.0 Å². The Morgan fingerprint density at radius 2 is 1.95 bits per heavy atom. The van der Waals surface area contributed by atoms with E-state index in [1.54, 1.807) is 12.1 Å². The highest BCUT2D eigenvalue weighted by Crippen LogP contribution is 2.16. The molecule has 1 aromatic heterocycles. The molecule has 20 heavy (non-hydrogen) atoms. The summed E-state index contributed by atoms with van der Waals surface area (Å²) < 4.78 is 14.4. The molecular weight excluding hydrogens is 270 g/mol. The predicted octanol–water partition coefficient (Wildman–Crippen LogP) is 3.13. The van der Waals surface area contributed by atoms with Crippen LogP contribution in [0.15, 0.2) is 35.5 Å². The van der Waals surface area contributed by atoms with Crippen LogP contribution in [0.5, 0.6) is 0 Å². The first kappa shape index (κ1) is 16.4. The lowest BCUT2D eigenvalue weighted by molar-refractivity contribution is 0.651. The number of aryl methyl sites for hydroxylation is 2. The third-order valence-electron chi connectivity index (χ3n) is 3.03. The Morgan fingerprint density at radius 1 is 1.30 bits per heavy atom. The van der Waals surface area contributed by atoms with Gasteiger partial charge in [-0.3, -0.25) is 4.21 Å². The van der Waals surface area contributed by atoms with E-state index in [1.165, 1.54) is 0 Å². The summed E-state index contributed by atoms with van der Waals surface area (Å²) >= 11 is 0. The molecule has 0 spiro atoms. The molecule has 0 radical (unpaired) electrons. The molecule has 1 heterocycles. The maximum absolute atomic E-state index is 12.4. The number of hydrogen-bond acceptors (Lipinski definition) is 3. The number of nitrogens with two attached hydrogens (primary N) is 1. The number of nitrogen functional groups attached to an aromatic ring is 1. The number of benzene rings is 1. The van der Waals surface area contributed by atoms with Crippen LogP contribution in [-0.4, -0.2) is 13.8 Å². The van der Waals surface area contributed by atoms with Crippen molar-refractivity contribution in [2.75, 3.05) is 5.73 Å². The molecule has 0 unspecified atom stereocenters. The number of nitrogens with zero attached hydrogens (tertiary/aromatic N) is 2. The molecule has 0 saturated heterocycles. The second kappa shape index (κ2) is 7.24. The predicted molar refractivity (Wildman–Crippen MR) is 85.0 cm³/mol. The van der Waals surface area contributed by atoms with Gasteiger partial charge in [-0.1, -0.05) is 14.4 Å². The van der Waals surface area contributed by atoms with Crippen LogP contribution in [0.1, 0.15) is 32.2 Å². The third kappa shape index (κ3) is 3.70. The normalized spacial score (nSPS) is 11.9. The molecule has 2 aromatic rings. The highest BCUT2D eigenvalue weighted by atomic mass is 32.2. The number of anilines is 1. The molecular formula is C15H23N3OS. The SMILES string of the molecule is C.CCCn1cnc(C)c1C[S@@](=O)c1ccc(N)cc1. The van der Waals surface area contributed by atoms with Crippen molar-refractivity contribution in [3.63, 3.8) is 0 Å². The lowest BCUT2D eigenvalue weighted by Crippen LogP contribution is -2.06. The van der Waals surface area contributed by atoms with Gasteiger partial charge in [-0.15, -0.1) is 0 Å². The standard InChI is InChI=1S/C14H19N3OS.CH4/c1-3-8-17-10-16-11(2)14(17)9-19(18)13-6-4-12(15)5-7-13;/h4-7,10H,3,8-9,15H2,1-2H3;1H4/t19-;/m1./s1. The Kier molecular flexibility index (Phi) is 5.95. The molecule has 0 fully saturated rings. The summed E-state index contributed by atoms with van der Waals surface area (Å²) in [5.41, 5.74) is 8.33. The van der Waals surface area contributed by atoms with Gasteiger partial charge in [-0.25, -0.2) is 4.98 Å². The van der Waals surface area contributed by atoms with Crippen LogP contribution in [0.2, 0.25) is 0 Å². The van der Waals surface area contributed by atoms with Crippen molar-refractivity contribution in [2.45, 2.75) is 44.9 Å². The second-order valence-corrected chi connectivity index (χ2v) is 5.98. The van der Waals surface area contributed by atoms with Crippen LogP contribution in [0.25, 0.3) is 0 Å². The summed E-state index contributed by atoms with van der Waals surface area (Å²) in [6, 6.07) is 7.20. The number of imidazole rings is 1. The molecule has 1 atom stereocenters. The highest BCUT2D eigenvalue weighted by Gasteiger charge is 2.12. The summed E-state index contributed by atoms with van der Waals surface area (Å²) in [7, 11) is -1.06. The van der Waals surface area contributed by atoms with Crippen LogP contribution in [0, 0.1) is 6.92 Å². The van der Waals surface area contributed by atoms with Gasteiger partial charge in [0.15, 0.2) is 0 Å². The molecule has 1 aromatic carbocycles. The number of hydrogen-bond donors (Lipinski definition) is 1. The number of aromatic nitrogens is 2. The van der Waals surface area contributed by atoms with E-state index in [2.05, 4.69) is 16.5 Å². The van der Waals surface area contributed by atoms with Gasteiger partial charge in [0.2, 0.25) is 0 Å². The van der Waals surface area contributed by atoms with Crippen LogP contribution >= 0.6 is 0 Å². The van der Waals surface area contributed by atoms with Gasteiger partial charge < -0.3 is 10.3 Å². The van der Waals surface area contributed by atoms with Gasteiger partial charge in [0.05, 0.1) is 34.3 Å². The third-order valence-corrected chi connectivity index (χ3v) is 4.36. The van der Waals surface area contributed by atoms with E-state index in [-0.39, 0.29) is 7.43 Å². The molecule has 2 N–H and O–H groups in total. The molecule has 2 rings (SSSR count). The Morgan fingerprint density at radius 3 is 2.55 bits per heavy atom. The van der Waals surface area contributed by atoms with Crippen molar-refractivity contribution < 1.29 is 4.21 Å². The van der Waals surface area contributed by atoms with Crippen LogP contribution in [0.3, 0.4) is 0 Å². The second-order valence-electron chi connectivity index (χ2n) is 4.53. The minimum atomic E-state index is -1.06. The van der Waals surface area contributed by atoms with Gasteiger partial charge in [0.1, 0.15) is 0 Å². The van der Waals surface area contributed by atoms with Gasteiger partial charge in [-0.05, 0) is 37.6 Å². The smallest absolute Gasteiger partial charge is 0.0951 e. The Labute approximate surface area is 123 Å². The van der Waals surface area contributed by atoms with Crippen molar-refractivity contribution >= 4 is 16.5 Å². The Balaban J connectivity index is 0.00000200. The Bertz CT molecular complexity index is 575. The fraction of sp³-hybridized carbons (Fsp3) is 0.400. The Hall–Kier alpha value is -1.62. The largest absolute Gasteiger partial charge is 0.399 e. The summed E-state index contributed by atoms with van der Waals surface area (Å²) in [6.07, 6.45) is 2.87. The molecule has 4 nitrogen and oxygen atoms in total. The molecule has 0 aliphatic carbocycles. The molecule has 0 bridgehead atoms. The monoisotopic (exact) mass is 293 g/mol. The van der Waals surface area contributed by atoms with Gasteiger partial charge in [0.25, 0.3) is 0 Å². The van der Waals surface area contributed by atoms with Crippen molar-refractivity contribution in [2.24, 2.45) is 0 Å². The average molecular weight is 293 g/mol. The molecule has 5 heteroatoms. The zero-order chi connectivity index (χ0) is 13.8. The van der Waals surface area contributed by atoms with Crippen LogP contribution in [-0.2, 0) is 23.1 Å². The first-order chi connectivity index (χ1) is 9.11. The van der Waals surface area contributed by atoms with E-state index in [0.717, 1.165) is 29.2 Å². The fourth-order valence-electron chi connectivity index (χ4n) is 1.96. The molecule has 110 valence electrons. The van der Waals surface area contributed by atoms with Gasteiger partial charge >= 0.3 is 0 Å².